The number of rotatable bonds is 4. The van der Waals surface area contributed by atoms with E-state index < -0.39 is 0 Å². The van der Waals surface area contributed by atoms with E-state index in [1.165, 1.54) is 0 Å². The van der Waals surface area contributed by atoms with Gasteiger partial charge in [0.25, 0.3) is 0 Å². The summed E-state index contributed by atoms with van der Waals surface area (Å²) in [6.45, 7) is 5.20. The molecule has 14 heavy (non-hydrogen) atoms. The number of ether oxygens (including phenoxy) is 4. The zero-order valence-electron chi connectivity index (χ0n) is 9.36. The lowest BCUT2D eigenvalue weighted by Crippen LogP contribution is -2.54. The smallest absolute Gasteiger partial charge is 0.114 e. The molecule has 84 valence electrons. The van der Waals surface area contributed by atoms with Crippen molar-refractivity contribution in [2.24, 2.45) is 0 Å². The molecule has 0 unspecified atom stereocenters. The fraction of sp³-hybridized carbons (Fsp3) is 1.00. The summed E-state index contributed by atoms with van der Waals surface area (Å²) in [5, 5.41) is 0. The Morgan fingerprint density at radius 3 is 2.43 bits per heavy atom. The molecular formula is C10H20O4. The van der Waals surface area contributed by atoms with Gasteiger partial charge in [-0.05, 0) is 13.8 Å². The molecule has 0 aromatic carbocycles. The Hall–Kier alpha value is -0.160. The van der Waals surface area contributed by atoms with Gasteiger partial charge in [-0.2, -0.15) is 0 Å². The number of methoxy groups -OCH3 is 2. The number of hydrogen-bond acceptors (Lipinski definition) is 4. The quantitative estimate of drug-likeness (QED) is 0.680. The first-order chi connectivity index (χ1) is 6.74. The molecule has 0 aromatic heterocycles. The Morgan fingerprint density at radius 2 is 1.93 bits per heavy atom. The van der Waals surface area contributed by atoms with E-state index in [-0.39, 0.29) is 24.4 Å². The number of hydrogen-bond donors (Lipinski definition) is 0. The van der Waals surface area contributed by atoms with Gasteiger partial charge in [0, 0.05) is 20.8 Å². The van der Waals surface area contributed by atoms with E-state index in [1.54, 1.807) is 14.2 Å². The maximum Gasteiger partial charge on any atom is 0.114 e. The molecule has 1 heterocycles. The summed E-state index contributed by atoms with van der Waals surface area (Å²) in [4.78, 5) is 0. The van der Waals surface area contributed by atoms with Crippen LogP contribution in [0.4, 0.5) is 0 Å². The molecule has 0 saturated carbocycles. The molecule has 1 aliphatic rings. The van der Waals surface area contributed by atoms with Crippen LogP contribution in [0.3, 0.4) is 0 Å². The highest BCUT2D eigenvalue weighted by Crippen LogP contribution is 2.22. The average Bonchev–Trinajstić information content (AvgIpc) is 2.19. The second-order valence-electron chi connectivity index (χ2n) is 3.43. The molecule has 0 amide bonds. The summed E-state index contributed by atoms with van der Waals surface area (Å²) in [5.74, 6) is 0. The monoisotopic (exact) mass is 204 g/mol. The summed E-state index contributed by atoms with van der Waals surface area (Å²) in [6.07, 6.45) is -0.0496. The van der Waals surface area contributed by atoms with Crippen LogP contribution in [0.15, 0.2) is 0 Å². The predicted molar refractivity (Wildman–Crippen MR) is 52.4 cm³/mol. The van der Waals surface area contributed by atoms with Crippen LogP contribution >= 0.6 is 0 Å². The summed E-state index contributed by atoms with van der Waals surface area (Å²) in [7, 11) is 3.34. The fourth-order valence-corrected chi connectivity index (χ4v) is 1.84. The average molecular weight is 204 g/mol. The van der Waals surface area contributed by atoms with Crippen molar-refractivity contribution in [2.75, 3.05) is 27.4 Å². The first-order valence-corrected chi connectivity index (χ1v) is 5.03. The molecule has 0 aliphatic carbocycles. The Labute approximate surface area is 85.5 Å². The van der Waals surface area contributed by atoms with Gasteiger partial charge in [-0.15, -0.1) is 0 Å². The van der Waals surface area contributed by atoms with E-state index >= 15 is 0 Å². The zero-order valence-corrected chi connectivity index (χ0v) is 9.36. The van der Waals surface area contributed by atoms with Crippen molar-refractivity contribution in [2.45, 2.75) is 38.3 Å². The predicted octanol–water partition coefficient (Wildman–Crippen LogP) is 0.840. The lowest BCUT2D eigenvalue weighted by Gasteiger charge is -2.39. The highest BCUT2D eigenvalue weighted by Gasteiger charge is 2.39. The Balaban J connectivity index is 2.64. The third kappa shape index (κ3) is 2.45. The van der Waals surface area contributed by atoms with Crippen LogP contribution in [-0.2, 0) is 18.9 Å². The van der Waals surface area contributed by atoms with E-state index in [2.05, 4.69) is 0 Å². The molecule has 0 spiro atoms. The van der Waals surface area contributed by atoms with Gasteiger partial charge in [-0.25, -0.2) is 0 Å². The minimum atomic E-state index is -0.0475. The molecular weight excluding hydrogens is 184 g/mol. The molecule has 4 heteroatoms. The van der Waals surface area contributed by atoms with Gasteiger partial charge >= 0.3 is 0 Å². The topological polar surface area (TPSA) is 36.9 Å². The SMILES string of the molecule is CCO[C@@H]1[C@@H](OC)[C@H](C)OC[C@@H]1OC. The van der Waals surface area contributed by atoms with E-state index in [0.29, 0.717) is 13.2 Å². The standard InChI is InChI=1S/C10H20O4/c1-5-13-10-8(11-3)6-14-7(2)9(10)12-4/h7-10H,5-6H2,1-4H3/t7-,8-,9-,10-/m0/s1. The third-order valence-electron chi connectivity index (χ3n) is 2.61. The van der Waals surface area contributed by atoms with Gasteiger partial charge in [0.2, 0.25) is 0 Å². The molecule has 0 bridgehead atoms. The molecule has 1 aliphatic heterocycles. The van der Waals surface area contributed by atoms with Crippen LogP contribution in [0.1, 0.15) is 13.8 Å². The van der Waals surface area contributed by atoms with E-state index in [4.69, 9.17) is 18.9 Å². The summed E-state index contributed by atoms with van der Waals surface area (Å²) in [5.41, 5.74) is 0. The maximum atomic E-state index is 5.63. The van der Waals surface area contributed by atoms with Crippen LogP contribution in [0.25, 0.3) is 0 Å². The van der Waals surface area contributed by atoms with E-state index in [1.807, 2.05) is 13.8 Å². The molecule has 1 rings (SSSR count). The largest absolute Gasteiger partial charge is 0.376 e. The maximum absolute atomic E-state index is 5.63. The van der Waals surface area contributed by atoms with Crippen molar-refractivity contribution in [3.8, 4) is 0 Å². The molecule has 0 aromatic rings. The summed E-state index contributed by atoms with van der Waals surface area (Å²) < 4.78 is 21.8. The van der Waals surface area contributed by atoms with Gasteiger partial charge < -0.3 is 18.9 Å². The summed E-state index contributed by atoms with van der Waals surface area (Å²) >= 11 is 0. The Kier molecular flexibility index (Phi) is 4.81. The highest BCUT2D eigenvalue weighted by molar-refractivity contribution is 4.87. The van der Waals surface area contributed by atoms with Crippen LogP contribution in [0, 0.1) is 0 Å². The second-order valence-corrected chi connectivity index (χ2v) is 3.43. The van der Waals surface area contributed by atoms with Crippen molar-refractivity contribution >= 4 is 0 Å². The van der Waals surface area contributed by atoms with Crippen molar-refractivity contribution in [3.05, 3.63) is 0 Å². The van der Waals surface area contributed by atoms with Crippen molar-refractivity contribution in [1.29, 1.82) is 0 Å². The van der Waals surface area contributed by atoms with Crippen molar-refractivity contribution < 1.29 is 18.9 Å². The zero-order chi connectivity index (χ0) is 10.6. The molecule has 4 atom stereocenters. The lowest BCUT2D eigenvalue weighted by atomic mass is 10.0. The van der Waals surface area contributed by atoms with Gasteiger partial charge in [0.05, 0.1) is 12.7 Å². The van der Waals surface area contributed by atoms with Gasteiger partial charge in [0.15, 0.2) is 0 Å². The van der Waals surface area contributed by atoms with E-state index in [0.717, 1.165) is 0 Å². The molecule has 4 nitrogen and oxygen atoms in total. The van der Waals surface area contributed by atoms with Gasteiger partial charge in [-0.1, -0.05) is 0 Å². The van der Waals surface area contributed by atoms with Crippen LogP contribution < -0.4 is 0 Å². The van der Waals surface area contributed by atoms with Crippen LogP contribution in [0.5, 0.6) is 0 Å². The minimum Gasteiger partial charge on any atom is -0.376 e. The first kappa shape index (κ1) is 11.9. The first-order valence-electron chi connectivity index (χ1n) is 5.03. The molecule has 1 fully saturated rings. The molecule has 0 N–H and O–H groups in total. The normalized spacial score (nSPS) is 38.6. The highest BCUT2D eigenvalue weighted by atomic mass is 16.6. The summed E-state index contributed by atoms with van der Waals surface area (Å²) in [6, 6.07) is 0. The molecule has 0 radical (unpaired) electrons. The van der Waals surface area contributed by atoms with Gasteiger partial charge in [-0.3, -0.25) is 0 Å². The van der Waals surface area contributed by atoms with Crippen LogP contribution in [0.2, 0.25) is 0 Å². The Morgan fingerprint density at radius 1 is 1.21 bits per heavy atom. The van der Waals surface area contributed by atoms with Crippen LogP contribution in [-0.4, -0.2) is 51.8 Å². The van der Waals surface area contributed by atoms with Crippen molar-refractivity contribution in [3.63, 3.8) is 0 Å². The molecule has 1 saturated heterocycles. The second kappa shape index (κ2) is 5.66. The third-order valence-corrected chi connectivity index (χ3v) is 2.61. The minimum absolute atomic E-state index is 0.0289. The van der Waals surface area contributed by atoms with Crippen molar-refractivity contribution in [1.82, 2.24) is 0 Å². The Bertz CT molecular complexity index is 162. The van der Waals surface area contributed by atoms with E-state index in [9.17, 15) is 0 Å². The fourth-order valence-electron chi connectivity index (χ4n) is 1.84. The lowest BCUT2D eigenvalue weighted by molar-refractivity contribution is -0.212. The van der Waals surface area contributed by atoms with Gasteiger partial charge in [0.1, 0.15) is 18.3 Å².